The summed E-state index contributed by atoms with van der Waals surface area (Å²) in [4.78, 5) is 25.9. The second-order valence-electron chi connectivity index (χ2n) is 8.56. The summed E-state index contributed by atoms with van der Waals surface area (Å²) in [6, 6.07) is 15.6. The fourth-order valence-electron chi connectivity index (χ4n) is 3.78. The highest BCUT2D eigenvalue weighted by Gasteiger charge is 2.21. The second kappa shape index (κ2) is 10.3. The van der Waals surface area contributed by atoms with Gasteiger partial charge in [-0.3, -0.25) is 14.3 Å². The number of anilines is 1. The van der Waals surface area contributed by atoms with E-state index in [9.17, 15) is 14.0 Å². The Morgan fingerprint density at radius 3 is 2.46 bits per heavy atom. The monoisotopic (exact) mass is 494 g/mol. The topological polar surface area (TPSA) is 86.7 Å². The first-order chi connectivity index (χ1) is 16.8. The van der Waals surface area contributed by atoms with E-state index < -0.39 is 0 Å². The van der Waals surface area contributed by atoms with Gasteiger partial charge in [-0.15, -0.1) is 10.2 Å². The van der Waals surface area contributed by atoms with Gasteiger partial charge in [0.15, 0.2) is 11.0 Å². The highest BCUT2D eigenvalue weighted by Crippen LogP contribution is 2.27. The van der Waals surface area contributed by atoms with E-state index in [1.54, 1.807) is 36.9 Å². The number of halogens is 1. The normalized spacial score (nSPS) is 11.3. The summed E-state index contributed by atoms with van der Waals surface area (Å²) in [6.45, 7) is 6.44. The van der Waals surface area contributed by atoms with Gasteiger partial charge in [-0.1, -0.05) is 55.9 Å². The number of hydrogen-bond acceptors (Lipinski definition) is 5. The number of thioether (sulfide) groups is 1. The zero-order valence-corrected chi connectivity index (χ0v) is 20.8. The molecule has 1 amide bonds. The number of benzene rings is 2. The van der Waals surface area contributed by atoms with E-state index in [0.717, 1.165) is 0 Å². The van der Waals surface area contributed by atoms with Crippen molar-refractivity contribution in [3.8, 4) is 17.1 Å². The molecule has 0 atom stereocenters. The molecule has 35 heavy (non-hydrogen) atoms. The van der Waals surface area contributed by atoms with Crippen LogP contribution >= 0.6 is 11.8 Å². The zero-order valence-electron chi connectivity index (χ0n) is 20.0. The van der Waals surface area contributed by atoms with Gasteiger partial charge in [-0.2, -0.15) is 0 Å². The van der Waals surface area contributed by atoms with Gasteiger partial charge in [0.2, 0.25) is 5.91 Å². The minimum Gasteiger partial charge on any atom is -0.319 e. The summed E-state index contributed by atoms with van der Waals surface area (Å²) in [6.07, 6.45) is 0. The van der Waals surface area contributed by atoms with Gasteiger partial charge >= 0.3 is 0 Å². The maximum Gasteiger partial charge on any atom is 0.295 e. The fourth-order valence-corrected chi connectivity index (χ4v) is 4.53. The van der Waals surface area contributed by atoms with Crippen LogP contribution in [-0.2, 0) is 18.4 Å². The van der Waals surface area contributed by atoms with Gasteiger partial charge in [0.05, 0.1) is 22.7 Å². The Labute approximate surface area is 206 Å². The predicted molar refractivity (Wildman–Crippen MR) is 135 cm³/mol. The van der Waals surface area contributed by atoms with Crippen molar-refractivity contribution in [2.75, 3.05) is 11.1 Å². The molecular weight excluding hydrogens is 467 g/mol. The summed E-state index contributed by atoms with van der Waals surface area (Å²) in [7, 11) is 1.77. The minimum atomic E-state index is -0.381. The largest absolute Gasteiger partial charge is 0.319 e. The number of carbonyl (C=O) groups is 1. The molecule has 10 heteroatoms. The molecule has 0 saturated carbocycles. The number of para-hydroxylation sites is 1. The van der Waals surface area contributed by atoms with Gasteiger partial charge < -0.3 is 9.88 Å². The van der Waals surface area contributed by atoms with Crippen LogP contribution in [0.15, 0.2) is 64.5 Å². The Balaban J connectivity index is 1.54. The molecule has 182 valence electrons. The number of aromatic nitrogens is 5. The van der Waals surface area contributed by atoms with E-state index in [2.05, 4.69) is 15.5 Å². The average Bonchev–Trinajstić information content (AvgIpc) is 3.31. The maximum atomic E-state index is 14.4. The predicted octanol–water partition coefficient (Wildman–Crippen LogP) is 4.27. The summed E-state index contributed by atoms with van der Waals surface area (Å²) < 4.78 is 19.5. The lowest BCUT2D eigenvalue weighted by molar-refractivity contribution is -0.113. The third-order valence-corrected chi connectivity index (χ3v) is 6.50. The van der Waals surface area contributed by atoms with Crippen molar-refractivity contribution in [1.82, 2.24) is 24.1 Å². The number of nitrogens with zero attached hydrogens (tertiary/aromatic N) is 5. The Hall–Kier alpha value is -3.66. The summed E-state index contributed by atoms with van der Waals surface area (Å²) in [5.74, 6) is -0.0226. The van der Waals surface area contributed by atoms with E-state index in [1.165, 1.54) is 22.5 Å². The first kappa shape index (κ1) is 24.5. The lowest BCUT2D eigenvalue weighted by Crippen LogP contribution is -2.23. The van der Waals surface area contributed by atoms with Gasteiger partial charge in [0.25, 0.3) is 5.56 Å². The zero-order chi connectivity index (χ0) is 25.1. The molecule has 0 aliphatic carbocycles. The number of hydrogen-bond donors (Lipinski definition) is 1. The van der Waals surface area contributed by atoms with Crippen molar-refractivity contribution in [3.63, 3.8) is 0 Å². The molecule has 1 N–H and O–H groups in total. The highest BCUT2D eigenvalue weighted by molar-refractivity contribution is 7.99. The molecule has 2 aromatic carbocycles. The third kappa shape index (κ3) is 5.07. The van der Waals surface area contributed by atoms with Crippen LogP contribution < -0.4 is 10.9 Å². The molecule has 2 aromatic heterocycles. The summed E-state index contributed by atoms with van der Waals surface area (Å²) >= 11 is 1.20. The van der Waals surface area contributed by atoms with Gasteiger partial charge in [0, 0.05) is 13.6 Å². The third-order valence-electron chi connectivity index (χ3n) is 5.53. The van der Waals surface area contributed by atoms with E-state index >= 15 is 0 Å². The van der Waals surface area contributed by atoms with Crippen molar-refractivity contribution in [3.05, 3.63) is 76.5 Å². The summed E-state index contributed by atoms with van der Waals surface area (Å²) in [5, 5.41) is 11.7. The minimum absolute atomic E-state index is 0.0204. The van der Waals surface area contributed by atoms with Crippen molar-refractivity contribution in [2.24, 2.45) is 13.0 Å². The van der Waals surface area contributed by atoms with Gasteiger partial charge in [-0.05, 0) is 37.1 Å². The molecule has 0 bridgehead atoms. The maximum absolute atomic E-state index is 14.4. The van der Waals surface area contributed by atoms with Crippen LogP contribution in [-0.4, -0.2) is 35.8 Å². The van der Waals surface area contributed by atoms with Crippen molar-refractivity contribution in [1.29, 1.82) is 0 Å². The van der Waals surface area contributed by atoms with Crippen LogP contribution in [0.1, 0.15) is 19.5 Å². The SMILES string of the molecule is Cc1c(NC(=O)CSc2nnc(-c3ccccc3F)n2CC(C)C)c(=O)n(-c2ccccc2)n1C. The molecule has 0 unspecified atom stereocenters. The van der Waals surface area contributed by atoms with E-state index in [1.807, 2.05) is 48.7 Å². The number of nitrogens with one attached hydrogen (secondary N) is 1. The molecule has 0 saturated heterocycles. The Morgan fingerprint density at radius 2 is 1.77 bits per heavy atom. The van der Waals surface area contributed by atoms with Crippen LogP contribution in [0.3, 0.4) is 0 Å². The molecule has 0 fully saturated rings. The van der Waals surface area contributed by atoms with Crippen LogP contribution in [0, 0.1) is 18.7 Å². The van der Waals surface area contributed by atoms with E-state index in [4.69, 9.17) is 0 Å². The first-order valence-corrected chi connectivity index (χ1v) is 12.2. The van der Waals surface area contributed by atoms with Crippen LogP contribution in [0.2, 0.25) is 0 Å². The van der Waals surface area contributed by atoms with Crippen LogP contribution in [0.4, 0.5) is 10.1 Å². The second-order valence-corrected chi connectivity index (χ2v) is 9.51. The van der Waals surface area contributed by atoms with Crippen molar-refractivity contribution >= 4 is 23.4 Å². The number of carbonyl (C=O) groups excluding carboxylic acids is 1. The molecule has 0 spiro atoms. The Bertz CT molecular complexity index is 1410. The molecule has 4 aromatic rings. The van der Waals surface area contributed by atoms with Crippen LogP contribution in [0.25, 0.3) is 17.1 Å². The van der Waals surface area contributed by atoms with Crippen molar-refractivity contribution in [2.45, 2.75) is 32.5 Å². The quantitative estimate of drug-likeness (QED) is 0.370. The van der Waals surface area contributed by atoms with E-state index in [0.29, 0.717) is 34.5 Å². The number of amides is 1. The van der Waals surface area contributed by atoms with Gasteiger partial charge in [0.1, 0.15) is 11.5 Å². The first-order valence-electron chi connectivity index (χ1n) is 11.2. The molecule has 8 nitrogen and oxygen atoms in total. The summed E-state index contributed by atoms with van der Waals surface area (Å²) in [5.41, 5.74) is 1.64. The highest BCUT2D eigenvalue weighted by atomic mass is 32.2. The van der Waals surface area contributed by atoms with Crippen molar-refractivity contribution < 1.29 is 9.18 Å². The molecule has 0 aliphatic rings. The Morgan fingerprint density at radius 1 is 1.09 bits per heavy atom. The number of rotatable bonds is 8. The van der Waals surface area contributed by atoms with E-state index in [-0.39, 0.29) is 34.6 Å². The fraction of sp³-hybridized carbons (Fsp3) is 0.280. The molecule has 2 heterocycles. The molecule has 4 rings (SSSR count). The molecular formula is C25H27FN6O2S. The molecule has 0 radical (unpaired) electrons. The lowest BCUT2D eigenvalue weighted by atomic mass is 10.2. The lowest BCUT2D eigenvalue weighted by Gasteiger charge is -2.12. The Kier molecular flexibility index (Phi) is 7.20. The smallest absolute Gasteiger partial charge is 0.295 e. The van der Waals surface area contributed by atoms with Crippen LogP contribution in [0.5, 0.6) is 0 Å². The standard InChI is InChI=1S/C25H27FN6O2S/c1-16(2)14-31-23(19-12-8-9-13-20(19)26)28-29-25(31)35-15-21(33)27-22-17(3)30(4)32(24(22)34)18-10-6-5-7-11-18/h5-13,16H,14-15H2,1-4H3,(H,27,33). The average molecular weight is 495 g/mol. The van der Waals surface area contributed by atoms with Gasteiger partial charge in [-0.25, -0.2) is 9.07 Å². The molecule has 0 aliphatic heterocycles.